The molecule has 0 aromatic carbocycles. The molecule has 0 saturated heterocycles. The average Bonchev–Trinajstić information content (AvgIpc) is 2.11. The van der Waals surface area contributed by atoms with Crippen LogP contribution in [0.4, 0.5) is 0 Å². The fourth-order valence-electron chi connectivity index (χ4n) is 1.23. The molecule has 0 fully saturated rings. The quantitative estimate of drug-likeness (QED) is 0.351. The SMILES string of the molecule is CCCCCCCC(CC)=NS. The van der Waals surface area contributed by atoms with Gasteiger partial charge in [-0.05, 0) is 32.1 Å². The van der Waals surface area contributed by atoms with Crippen molar-refractivity contribution < 1.29 is 0 Å². The van der Waals surface area contributed by atoms with Crippen LogP contribution in [0.2, 0.25) is 0 Å². The minimum Gasteiger partial charge on any atom is -0.229 e. The summed E-state index contributed by atoms with van der Waals surface area (Å²) in [4.78, 5) is 0. The average molecular weight is 187 g/mol. The van der Waals surface area contributed by atoms with E-state index in [9.17, 15) is 0 Å². The van der Waals surface area contributed by atoms with E-state index < -0.39 is 0 Å². The third-order valence-corrected chi connectivity index (χ3v) is 2.40. The van der Waals surface area contributed by atoms with E-state index in [0.717, 1.165) is 12.8 Å². The van der Waals surface area contributed by atoms with Gasteiger partial charge in [0.25, 0.3) is 0 Å². The van der Waals surface area contributed by atoms with Crippen LogP contribution in [-0.4, -0.2) is 5.71 Å². The lowest BCUT2D eigenvalue weighted by molar-refractivity contribution is 0.642. The maximum absolute atomic E-state index is 3.94. The molecule has 0 amide bonds. The maximum atomic E-state index is 3.94. The van der Waals surface area contributed by atoms with Crippen LogP contribution in [0.5, 0.6) is 0 Å². The van der Waals surface area contributed by atoms with Crippen LogP contribution in [0.15, 0.2) is 4.40 Å². The van der Waals surface area contributed by atoms with Crippen LogP contribution < -0.4 is 0 Å². The predicted molar refractivity (Wildman–Crippen MR) is 60.1 cm³/mol. The molecular formula is C10H21NS. The van der Waals surface area contributed by atoms with Crippen molar-refractivity contribution in [3.8, 4) is 0 Å². The van der Waals surface area contributed by atoms with E-state index in [4.69, 9.17) is 0 Å². The minimum atomic E-state index is 1.05. The molecule has 0 N–H and O–H groups in total. The zero-order chi connectivity index (χ0) is 9.23. The summed E-state index contributed by atoms with van der Waals surface area (Å²) in [6.07, 6.45) is 8.90. The highest BCUT2D eigenvalue weighted by atomic mass is 32.1. The zero-order valence-corrected chi connectivity index (χ0v) is 9.24. The fraction of sp³-hybridized carbons (Fsp3) is 0.900. The van der Waals surface area contributed by atoms with Crippen LogP contribution in [0, 0.1) is 0 Å². The molecule has 0 atom stereocenters. The molecule has 0 unspecified atom stereocenters. The summed E-state index contributed by atoms with van der Waals surface area (Å²) in [5, 5.41) is 0. The number of nitrogens with zero attached hydrogens (tertiary/aromatic N) is 1. The minimum absolute atomic E-state index is 1.05. The van der Waals surface area contributed by atoms with Crippen LogP contribution in [0.3, 0.4) is 0 Å². The molecule has 0 aliphatic carbocycles. The molecule has 2 heteroatoms. The van der Waals surface area contributed by atoms with Gasteiger partial charge in [-0.15, -0.1) is 0 Å². The molecule has 72 valence electrons. The van der Waals surface area contributed by atoms with Crippen LogP contribution >= 0.6 is 12.8 Å². The summed E-state index contributed by atoms with van der Waals surface area (Å²) in [7, 11) is 0. The second kappa shape index (κ2) is 9.11. The lowest BCUT2D eigenvalue weighted by Crippen LogP contribution is -1.94. The van der Waals surface area contributed by atoms with E-state index in [2.05, 4.69) is 31.1 Å². The smallest absolute Gasteiger partial charge is 0.0256 e. The second-order valence-electron chi connectivity index (χ2n) is 3.18. The summed E-state index contributed by atoms with van der Waals surface area (Å²) in [6.45, 7) is 4.38. The van der Waals surface area contributed by atoms with Crippen LogP contribution in [0.25, 0.3) is 0 Å². The zero-order valence-electron chi connectivity index (χ0n) is 8.34. The first kappa shape index (κ1) is 12.0. The van der Waals surface area contributed by atoms with Crippen LogP contribution in [-0.2, 0) is 0 Å². The highest BCUT2D eigenvalue weighted by Crippen LogP contribution is 2.07. The second-order valence-corrected chi connectivity index (χ2v) is 3.38. The summed E-state index contributed by atoms with van der Waals surface area (Å²) in [5.74, 6) is 0. The molecule has 0 rings (SSSR count). The third-order valence-electron chi connectivity index (χ3n) is 2.12. The molecule has 0 heterocycles. The number of hydrogen-bond donors (Lipinski definition) is 1. The number of rotatable bonds is 7. The van der Waals surface area contributed by atoms with Crippen molar-refractivity contribution in [1.29, 1.82) is 0 Å². The predicted octanol–water partition coefficient (Wildman–Crippen LogP) is 4.04. The van der Waals surface area contributed by atoms with Gasteiger partial charge in [-0.25, -0.2) is 4.40 Å². The maximum Gasteiger partial charge on any atom is 0.0256 e. The van der Waals surface area contributed by atoms with Crippen molar-refractivity contribution in [2.24, 2.45) is 4.40 Å². The van der Waals surface area contributed by atoms with Crippen molar-refractivity contribution >= 4 is 18.5 Å². The van der Waals surface area contributed by atoms with Gasteiger partial charge in [0.15, 0.2) is 0 Å². The monoisotopic (exact) mass is 187 g/mol. The Balaban J connectivity index is 3.18. The van der Waals surface area contributed by atoms with Crippen molar-refractivity contribution in [2.45, 2.75) is 58.8 Å². The van der Waals surface area contributed by atoms with Gasteiger partial charge in [0.05, 0.1) is 0 Å². The Hall–Kier alpha value is 0.0200. The van der Waals surface area contributed by atoms with E-state index in [1.165, 1.54) is 37.8 Å². The summed E-state index contributed by atoms with van der Waals surface area (Å²) in [6, 6.07) is 0. The molecule has 0 radical (unpaired) electrons. The molecular weight excluding hydrogens is 166 g/mol. The molecule has 0 spiro atoms. The molecule has 12 heavy (non-hydrogen) atoms. The number of unbranched alkanes of at least 4 members (excludes halogenated alkanes) is 4. The largest absolute Gasteiger partial charge is 0.229 e. The Labute approximate surface area is 82.2 Å². The number of thiol groups is 1. The van der Waals surface area contributed by atoms with Gasteiger partial charge in [0, 0.05) is 5.71 Å². The lowest BCUT2D eigenvalue weighted by Gasteiger charge is -2.01. The van der Waals surface area contributed by atoms with Crippen molar-refractivity contribution in [1.82, 2.24) is 0 Å². The topological polar surface area (TPSA) is 12.4 Å². The van der Waals surface area contributed by atoms with Gasteiger partial charge in [0.1, 0.15) is 0 Å². The summed E-state index contributed by atoms with van der Waals surface area (Å²) >= 11 is 3.93. The molecule has 1 nitrogen and oxygen atoms in total. The first-order chi connectivity index (χ1) is 5.85. The molecule has 0 bridgehead atoms. The van der Waals surface area contributed by atoms with Crippen LogP contribution in [0.1, 0.15) is 58.8 Å². The van der Waals surface area contributed by atoms with Gasteiger partial charge in [-0.2, -0.15) is 0 Å². The van der Waals surface area contributed by atoms with Crippen molar-refractivity contribution in [3.05, 3.63) is 0 Å². The standard InChI is InChI=1S/C10H21NS/c1-3-5-6-7-8-9-10(4-2)11-12/h12H,3-9H2,1-2H3. The molecule has 0 saturated carbocycles. The van der Waals surface area contributed by atoms with E-state index >= 15 is 0 Å². The van der Waals surface area contributed by atoms with E-state index in [-0.39, 0.29) is 0 Å². The Morgan fingerprint density at radius 2 is 1.75 bits per heavy atom. The van der Waals surface area contributed by atoms with Gasteiger partial charge in [-0.3, -0.25) is 0 Å². The van der Waals surface area contributed by atoms with E-state index in [1.807, 2.05) is 0 Å². The van der Waals surface area contributed by atoms with Crippen molar-refractivity contribution in [2.75, 3.05) is 0 Å². The Kier molecular flexibility index (Phi) is 9.13. The third kappa shape index (κ3) is 6.71. The summed E-state index contributed by atoms with van der Waals surface area (Å²) in [5.41, 5.74) is 1.25. The highest BCUT2D eigenvalue weighted by Gasteiger charge is 1.95. The van der Waals surface area contributed by atoms with E-state index in [0.29, 0.717) is 0 Å². The number of hydrogen-bond acceptors (Lipinski definition) is 2. The van der Waals surface area contributed by atoms with Gasteiger partial charge >= 0.3 is 0 Å². The molecule has 0 aromatic rings. The van der Waals surface area contributed by atoms with Gasteiger partial charge in [0.2, 0.25) is 0 Å². The first-order valence-electron chi connectivity index (χ1n) is 5.04. The van der Waals surface area contributed by atoms with Crippen molar-refractivity contribution in [3.63, 3.8) is 0 Å². The molecule has 0 aliphatic rings. The lowest BCUT2D eigenvalue weighted by atomic mass is 10.1. The normalized spacial score (nSPS) is 12.1. The van der Waals surface area contributed by atoms with Gasteiger partial charge < -0.3 is 0 Å². The Morgan fingerprint density at radius 3 is 2.25 bits per heavy atom. The first-order valence-corrected chi connectivity index (χ1v) is 5.44. The highest BCUT2D eigenvalue weighted by molar-refractivity contribution is 7.79. The van der Waals surface area contributed by atoms with Gasteiger partial charge in [-0.1, -0.05) is 39.5 Å². The Bertz CT molecular complexity index is 121. The summed E-state index contributed by atoms with van der Waals surface area (Å²) < 4.78 is 3.94. The Morgan fingerprint density at radius 1 is 1.08 bits per heavy atom. The fourth-order valence-corrected chi connectivity index (χ4v) is 1.47. The van der Waals surface area contributed by atoms with E-state index in [1.54, 1.807) is 0 Å². The molecule has 0 aliphatic heterocycles. The molecule has 0 aromatic heterocycles.